The Hall–Kier alpha value is -4.01. The molecule has 0 N–H and O–H groups in total. The van der Waals surface area contributed by atoms with Crippen LogP contribution in [0.5, 0.6) is 0 Å². The van der Waals surface area contributed by atoms with Crippen molar-refractivity contribution < 1.29 is 9.59 Å². The van der Waals surface area contributed by atoms with E-state index in [2.05, 4.69) is 38.5 Å². The third kappa shape index (κ3) is 3.67. The Morgan fingerprint density at radius 3 is 2.66 bits per heavy atom. The second-order valence-electron chi connectivity index (χ2n) is 9.39. The van der Waals surface area contributed by atoms with Crippen molar-refractivity contribution in [1.82, 2.24) is 34.2 Å². The maximum absolute atomic E-state index is 13.2. The quantitative estimate of drug-likeness (QED) is 0.330. The fourth-order valence-electron chi connectivity index (χ4n) is 5.55. The highest BCUT2D eigenvalue weighted by Crippen LogP contribution is 2.35. The van der Waals surface area contributed by atoms with E-state index < -0.39 is 0 Å². The molecular weight excluding hydrogens is 442 g/mol. The molecule has 4 aromatic heterocycles. The number of amides is 1. The molecule has 0 bridgehead atoms. The normalized spacial score (nSPS) is 19.0. The number of allylic oxidation sites excluding steroid dienone is 1. The van der Waals surface area contributed by atoms with Crippen LogP contribution in [0.25, 0.3) is 22.2 Å². The van der Waals surface area contributed by atoms with Gasteiger partial charge in [-0.3, -0.25) is 14.2 Å². The molecule has 0 spiro atoms. The molecule has 2 saturated heterocycles. The van der Waals surface area contributed by atoms with Gasteiger partial charge in [-0.25, -0.2) is 4.98 Å². The molecule has 178 valence electrons. The van der Waals surface area contributed by atoms with Gasteiger partial charge in [0, 0.05) is 55.6 Å². The molecule has 6 heterocycles. The van der Waals surface area contributed by atoms with Crippen molar-refractivity contribution in [2.24, 2.45) is 5.92 Å². The van der Waals surface area contributed by atoms with Crippen LogP contribution < -0.4 is 0 Å². The van der Waals surface area contributed by atoms with Gasteiger partial charge in [-0.1, -0.05) is 6.58 Å². The first-order valence-electron chi connectivity index (χ1n) is 12.1. The lowest BCUT2D eigenvalue weighted by molar-refractivity contribution is -0.136. The SMILES string of the molecule is C=C(C=O)N1CCC(C(=O)N2CCC(c3cc4cccnc4n3-c3cnn4ncccc34)CC2)C1. The van der Waals surface area contributed by atoms with E-state index in [-0.39, 0.29) is 11.8 Å². The summed E-state index contributed by atoms with van der Waals surface area (Å²) < 4.78 is 3.85. The molecular formula is C26H27N7O2. The van der Waals surface area contributed by atoms with Crippen LogP contribution in [-0.4, -0.2) is 72.6 Å². The van der Waals surface area contributed by atoms with Gasteiger partial charge in [0.05, 0.1) is 23.5 Å². The molecule has 1 amide bonds. The molecule has 35 heavy (non-hydrogen) atoms. The molecule has 2 fully saturated rings. The number of nitrogens with zero attached hydrogens (tertiary/aromatic N) is 7. The topological polar surface area (TPSA) is 88.6 Å². The van der Waals surface area contributed by atoms with Gasteiger partial charge in [-0.05, 0) is 49.6 Å². The predicted octanol–water partition coefficient (Wildman–Crippen LogP) is 2.81. The van der Waals surface area contributed by atoms with Crippen LogP contribution in [0.3, 0.4) is 0 Å². The van der Waals surface area contributed by atoms with Gasteiger partial charge in [-0.2, -0.15) is 10.2 Å². The van der Waals surface area contributed by atoms with Gasteiger partial charge in [0.15, 0.2) is 6.29 Å². The van der Waals surface area contributed by atoms with Gasteiger partial charge < -0.3 is 9.80 Å². The second-order valence-corrected chi connectivity index (χ2v) is 9.39. The van der Waals surface area contributed by atoms with Gasteiger partial charge in [0.1, 0.15) is 11.2 Å². The molecule has 2 aliphatic rings. The fourth-order valence-corrected chi connectivity index (χ4v) is 5.55. The minimum Gasteiger partial charge on any atom is -0.369 e. The van der Waals surface area contributed by atoms with E-state index in [9.17, 15) is 9.59 Å². The summed E-state index contributed by atoms with van der Waals surface area (Å²) in [6.07, 6.45) is 8.70. The van der Waals surface area contributed by atoms with Crippen molar-refractivity contribution in [2.45, 2.75) is 25.2 Å². The number of hydrogen-bond acceptors (Lipinski definition) is 6. The average molecular weight is 470 g/mol. The second kappa shape index (κ2) is 8.65. The molecule has 0 radical (unpaired) electrons. The molecule has 2 aliphatic heterocycles. The number of carbonyl (C=O) groups is 2. The predicted molar refractivity (Wildman–Crippen MR) is 131 cm³/mol. The zero-order valence-corrected chi connectivity index (χ0v) is 19.5. The average Bonchev–Trinajstić information content (AvgIpc) is 3.64. The number of pyridine rings is 1. The highest BCUT2D eigenvalue weighted by molar-refractivity contribution is 5.82. The summed E-state index contributed by atoms with van der Waals surface area (Å²) in [6.45, 7) is 6.53. The van der Waals surface area contributed by atoms with Crippen LogP contribution >= 0.6 is 0 Å². The molecule has 0 aliphatic carbocycles. The summed E-state index contributed by atoms with van der Waals surface area (Å²) in [5, 5.41) is 9.85. The summed E-state index contributed by atoms with van der Waals surface area (Å²) in [5.74, 6) is 0.431. The summed E-state index contributed by atoms with van der Waals surface area (Å²) in [7, 11) is 0. The Bertz CT molecular complexity index is 1430. The van der Waals surface area contributed by atoms with E-state index in [0.29, 0.717) is 24.7 Å². The monoisotopic (exact) mass is 469 g/mol. The highest BCUT2D eigenvalue weighted by atomic mass is 16.2. The van der Waals surface area contributed by atoms with Crippen LogP contribution in [0.2, 0.25) is 0 Å². The number of aromatic nitrogens is 5. The highest BCUT2D eigenvalue weighted by Gasteiger charge is 2.34. The van der Waals surface area contributed by atoms with Crippen LogP contribution in [0.1, 0.15) is 30.9 Å². The molecule has 6 rings (SSSR count). The van der Waals surface area contributed by atoms with Gasteiger partial charge in [0.2, 0.25) is 5.91 Å². The minimum absolute atomic E-state index is 0.0646. The molecule has 1 atom stereocenters. The van der Waals surface area contributed by atoms with Gasteiger partial charge in [-0.15, -0.1) is 4.63 Å². The lowest BCUT2D eigenvalue weighted by atomic mass is 9.92. The Balaban J connectivity index is 1.25. The van der Waals surface area contributed by atoms with E-state index in [4.69, 9.17) is 0 Å². The lowest BCUT2D eigenvalue weighted by Gasteiger charge is -2.34. The third-order valence-electron chi connectivity index (χ3n) is 7.42. The zero-order chi connectivity index (χ0) is 23.9. The first-order valence-corrected chi connectivity index (χ1v) is 12.1. The standard InChI is InChI=1S/C26H27N7O2/c1-18(17-34)31-13-8-21(16-31)26(35)30-11-6-19(7-12-30)23-14-20-4-2-9-27-25(20)32(23)24-15-29-33-22(24)5-3-10-28-33/h2-5,9-10,14-15,17,19,21H,1,6-8,11-13,16H2. The summed E-state index contributed by atoms with van der Waals surface area (Å²) >= 11 is 0. The largest absolute Gasteiger partial charge is 0.369 e. The van der Waals surface area contributed by atoms with Gasteiger partial charge in [0.25, 0.3) is 0 Å². The van der Waals surface area contributed by atoms with Crippen LogP contribution in [0.15, 0.2) is 61.2 Å². The molecule has 4 aromatic rings. The Labute approximate surface area is 202 Å². The molecule has 9 nitrogen and oxygen atoms in total. The van der Waals surface area contributed by atoms with Crippen molar-refractivity contribution in [3.63, 3.8) is 0 Å². The first kappa shape index (κ1) is 21.5. The number of likely N-dealkylation sites (tertiary alicyclic amines) is 2. The van der Waals surface area contributed by atoms with E-state index in [1.54, 1.807) is 10.8 Å². The minimum atomic E-state index is -0.0646. The van der Waals surface area contributed by atoms with Crippen molar-refractivity contribution in [1.29, 1.82) is 0 Å². The van der Waals surface area contributed by atoms with E-state index >= 15 is 0 Å². The summed E-state index contributed by atoms with van der Waals surface area (Å²) in [5.41, 5.74) is 4.44. The maximum Gasteiger partial charge on any atom is 0.227 e. The molecule has 0 saturated carbocycles. The summed E-state index contributed by atoms with van der Waals surface area (Å²) in [4.78, 5) is 32.8. The lowest BCUT2D eigenvalue weighted by Crippen LogP contribution is -2.42. The number of fused-ring (bicyclic) bond motifs is 2. The number of carbonyl (C=O) groups excluding carboxylic acids is 2. The summed E-state index contributed by atoms with van der Waals surface area (Å²) in [6, 6.07) is 10.2. The Kier molecular flexibility index (Phi) is 5.32. The van der Waals surface area contributed by atoms with Crippen molar-refractivity contribution in [3.8, 4) is 5.69 Å². The fraction of sp³-hybridized carbons (Fsp3) is 0.346. The van der Waals surface area contributed by atoms with E-state index in [0.717, 1.165) is 60.9 Å². The van der Waals surface area contributed by atoms with E-state index in [1.165, 1.54) is 5.69 Å². The smallest absolute Gasteiger partial charge is 0.227 e. The number of rotatable bonds is 5. The van der Waals surface area contributed by atoms with Crippen molar-refractivity contribution in [3.05, 3.63) is 66.9 Å². The van der Waals surface area contributed by atoms with Crippen LogP contribution in [0.4, 0.5) is 0 Å². The third-order valence-corrected chi connectivity index (χ3v) is 7.42. The first-order chi connectivity index (χ1) is 17.1. The Morgan fingerprint density at radius 1 is 1.03 bits per heavy atom. The van der Waals surface area contributed by atoms with E-state index in [1.807, 2.05) is 40.4 Å². The molecule has 0 aromatic carbocycles. The number of piperidine rings is 1. The van der Waals surface area contributed by atoms with Crippen LogP contribution in [-0.2, 0) is 9.59 Å². The van der Waals surface area contributed by atoms with Gasteiger partial charge >= 0.3 is 0 Å². The van der Waals surface area contributed by atoms with Crippen molar-refractivity contribution >= 4 is 28.7 Å². The maximum atomic E-state index is 13.2. The molecule has 9 heteroatoms. The Morgan fingerprint density at radius 2 is 1.83 bits per heavy atom. The number of aldehydes is 1. The molecule has 1 unspecified atom stereocenters. The number of hydrogen-bond donors (Lipinski definition) is 0. The van der Waals surface area contributed by atoms with Crippen LogP contribution in [0, 0.1) is 5.92 Å². The van der Waals surface area contributed by atoms with Crippen molar-refractivity contribution in [2.75, 3.05) is 26.2 Å². The zero-order valence-electron chi connectivity index (χ0n) is 19.5.